The molecule has 2 rings (SSSR count). The molecule has 0 bridgehead atoms. The van der Waals surface area contributed by atoms with Gasteiger partial charge in [0.15, 0.2) is 0 Å². The van der Waals surface area contributed by atoms with Crippen LogP contribution in [0.25, 0.3) is 0 Å². The average molecular weight is 290 g/mol. The van der Waals surface area contributed by atoms with Crippen molar-refractivity contribution in [2.45, 2.75) is 45.7 Å². The minimum absolute atomic E-state index is 0.670. The molecule has 0 unspecified atom stereocenters. The van der Waals surface area contributed by atoms with E-state index in [-0.39, 0.29) is 0 Å². The summed E-state index contributed by atoms with van der Waals surface area (Å²) < 4.78 is 5.75. The molecule has 0 saturated carbocycles. The number of benzene rings is 1. The standard InChI is InChI=1S/C18H30N2O/c1-15(2)10-13-21-18-6-4-16(5-7-18)14-19-17-8-11-20(3)12-9-17/h4-7,15,17,19H,8-14H2,1-3H3. The van der Waals surface area contributed by atoms with E-state index >= 15 is 0 Å². The molecule has 0 amide bonds. The summed E-state index contributed by atoms with van der Waals surface area (Å²) in [5.41, 5.74) is 1.34. The molecule has 21 heavy (non-hydrogen) atoms. The fraction of sp³-hybridized carbons (Fsp3) is 0.667. The van der Waals surface area contributed by atoms with Crippen molar-refractivity contribution in [2.24, 2.45) is 5.92 Å². The summed E-state index contributed by atoms with van der Waals surface area (Å²) >= 11 is 0. The van der Waals surface area contributed by atoms with Gasteiger partial charge in [0.05, 0.1) is 6.61 Å². The van der Waals surface area contributed by atoms with Crippen LogP contribution in [0.1, 0.15) is 38.7 Å². The van der Waals surface area contributed by atoms with Gasteiger partial charge in [-0.1, -0.05) is 26.0 Å². The third kappa shape index (κ3) is 6.06. The normalized spacial score (nSPS) is 17.3. The number of hydrogen-bond acceptors (Lipinski definition) is 3. The van der Waals surface area contributed by atoms with Gasteiger partial charge < -0.3 is 15.0 Å². The largest absolute Gasteiger partial charge is 0.494 e. The summed E-state index contributed by atoms with van der Waals surface area (Å²) in [6, 6.07) is 9.19. The number of ether oxygens (including phenoxy) is 1. The highest BCUT2D eigenvalue weighted by molar-refractivity contribution is 5.27. The molecule has 3 heteroatoms. The third-order valence-corrected chi connectivity index (χ3v) is 4.20. The maximum atomic E-state index is 5.75. The molecule has 3 nitrogen and oxygen atoms in total. The number of hydrogen-bond donors (Lipinski definition) is 1. The van der Waals surface area contributed by atoms with E-state index in [1.165, 1.54) is 31.5 Å². The molecule has 0 aliphatic carbocycles. The van der Waals surface area contributed by atoms with Crippen molar-refractivity contribution < 1.29 is 4.74 Å². The topological polar surface area (TPSA) is 24.5 Å². The maximum Gasteiger partial charge on any atom is 0.119 e. The quantitative estimate of drug-likeness (QED) is 0.834. The highest BCUT2D eigenvalue weighted by atomic mass is 16.5. The third-order valence-electron chi connectivity index (χ3n) is 4.20. The molecule has 0 atom stereocenters. The lowest BCUT2D eigenvalue weighted by Gasteiger charge is -2.29. The van der Waals surface area contributed by atoms with Gasteiger partial charge in [-0.05, 0) is 63.0 Å². The Hall–Kier alpha value is -1.06. The Labute approximate surface area is 129 Å². The second-order valence-electron chi connectivity index (χ2n) is 6.63. The first kappa shape index (κ1) is 16.3. The molecule has 0 aromatic heterocycles. The van der Waals surface area contributed by atoms with E-state index in [0.29, 0.717) is 12.0 Å². The van der Waals surface area contributed by atoms with E-state index in [1.807, 2.05) is 0 Å². The predicted molar refractivity (Wildman–Crippen MR) is 88.8 cm³/mol. The van der Waals surface area contributed by atoms with Crippen molar-refractivity contribution in [2.75, 3.05) is 26.7 Å². The van der Waals surface area contributed by atoms with E-state index in [2.05, 4.69) is 55.4 Å². The summed E-state index contributed by atoms with van der Waals surface area (Å²) in [6.07, 6.45) is 3.62. The van der Waals surface area contributed by atoms with Crippen LogP contribution in [-0.4, -0.2) is 37.7 Å². The molecular weight excluding hydrogens is 260 g/mol. The van der Waals surface area contributed by atoms with Crippen LogP contribution in [0.2, 0.25) is 0 Å². The SMILES string of the molecule is CC(C)CCOc1ccc(CNC2CCN(C)CC2)cc1. The van der Waals surface area contributed by atoms with Crippen molar-refractivity contribution in [3.05, 3.63) is 29.8 Å². The van der Waals surface area contributed by atoms with Crippen molar-refractivity contribution in [3.63, 3.8) is 0 Å². The minimum Gasteiger partial charge on any atom is -0.494 e. The summed E-state index contributed by atoms with van der Waals surface area (Å²) in [4.78, 5) is 2.40. The molecule has 1 aromatic rings. The second-order valence-corrected chi connectivity index (χ2v) is 6.63. The fourth-order valence-corrected chi connectivity index (χ4v) is 2.59. The molecule has 1 N–H and O–H groups in total. The average Bonchev–Trinajstić information content (AvgIpc) is 2.48. The molecule has 1 heterocycles. The Morgan fingerprint density at radius 3 is 2.48 bits per heavy atom. The van der Waals surface area contributed by atoms with Gasteiger partial charge in [0.2, 0.25) is 0 Å². The molecule has 118 valence electrons. The van der Waals surface area contributed by atoms with E-state index < -0.39 is 0 Å². The number of rotatable bonds is 7. The molecular formula is C18H30N2O. The van der Waals surface area contributed by atoms with Gasteiger partial charge in [-0.2, -0.15) is 0 Å². The summed E-state index contributed by atoms with van der Waals surface area (Å²) in [5, 5.41) is 3.67. The molecule has 1 fully saturated rings. The number of nitrogens with one attached hydrogen (secondary N) is 1. The van der Waals surface area contributed by atoms with Gasteiger partial charge in [-0.15, -0.1) is 0 Å². The second kappa shape index (κ2) is 8.40. The molecule has 1 saturated heterocycles. The van der Waals surface area contributed by atoms with Crippen LogP contribution in [0.15, 0.2) is 24.3 Å². The van der Waals surface area contributed by atoms with Gasteiger partial charge in [0.1, 0.15) is 5.75 Å². The van der Waals surface area contributed by atoms with Crippen molar-refractivity contribution in [3.8, 4) is 5.75 Å². The Morgan fingerprint density at radius 1 is 1.19 bits per heavy atom. The van der Waals surface area contributed by atoms with Gasteiger partial charge in [-0.3, -0.25) is 0 Å². The van der Waals surface area contributed by atoms with E-state index in [1.54, 1.807) is 0 Å². The van der Waals surface area contributed by atoms with Crippen molar-refractivity contribution in [1.82, 2.24) is 10.2 Å². The van der Waals surface area contributed by atoms with Crippen LogP contribution in [0.5, 0.6) is 5.75 Å². The Morgan fingerprint density at radius 2 is 1.86 bits per heavy atom. The van der Waals surface area contributed by atoms with E-state index in [4.69, 9.17) is 4.74 Å². The zero-order valence-corrected chi connectivity index (χ0v) is 13.8. The van der Waals surface area contributed by atoms with Crippen LogP contribution in [0.3, 0.4) is 0 Å². The van der Waals surface area contributed by atoms with Crippen LogP contribution >= 0.6 is 0 Å². The Balaban J connectivity index is 1.69. The molecule has 1 aliphatic rings. The highest BCUT2D eigenvalue weighted by Gasteiger charge is 2.15. The minimum atomic E-state index is 0.670. The van der Waals surface area contributed by atoms with Crippen molar-refractivity contribution >= 4 is 0 Å². The first-order chi connectivity index (χ1) is 10.1. The zero-order chi connectivity index (χ0) is 15.1. The Kier molecular flexibility index (Phi) is 6.52. The van der Waals surface area contributed by atoms with Gasteiger partial charge in [0.25, 0.3) is 0 Å². The maximum absolute atomic E-state index is 5.75. The van der Waals surface area contributed by atoms with E-state index in [9.17, 15) is 0 Å². The van der Waals surface area contributed by atoms with Crippen LogP contribution in [0, 0.1) is 5.92 Å². The molecule has 0 spiro atoms. The number of piperidine rings is 1. The summed E-state index contributed by atoms with van der Waals surface area (Å²) in [7, 11) is 2.20. The van der Waals surface area contributed by atoms with Crippen LogP contribution in [0.4, 0.5) is 0 Å². The molecule has 1 aliphatic heterocycles. The fourth-order valence-electron chi connectivity index (χ4n) is 2.59. The molecule has 1 aromatic carbocycles. The zero-order valence-electron chi connectivity index (χ0n) is 13.8. The smallest absolute Gasteiger partial charge is 0.119 e. The monoisotopic (exact) mass is 290 g/mol. The van der Waals surface area contributed by atoms with Crippen LogP contribution in [-0.2, 0) is 6.54 Å². The number of nitrogens with zero attached hydrogens (tertiary/aromatic N) is 1. The van der Waals surface area contributed by atoms with Gasteiger partial charge in [0, 0.05) is 12.6 Å². The van der Waals surface area contributed by atoms with Gasteiger partial charge >= 0.3 is 0 Å². The summed E-state index contributed by atoms with van der Waals surface area (Å²) in [6.45, 7) is 8.63. The van der Waals surface area contributed by atoms with Crippen molar-refractivity contribution in [1.29, 1.82) is 0 Å². The lowest BCUT2D eigenvalue weighted by molar-refractivity contribution is 0.234. The molecule has 0 radical (unpaired) electrons. The Bertz CT molecular complexity index is 394. The lowest BCUT2D eigenvalue weighted by Crippen LogP contribution is -2.40. The first-order valence-electron chi connectivity index (χ1n) is 8.27. The van der Waals surface area contributed by atoms with Crippen LogP contribution < -0.4 is 10.1 Å². The predicted octanol–water partition coefficient (Wildman–Crippen LogP) is 3.30. The number of likely N-dealkylation sites (tertiary alicyclic amines) is 1. The van der Waals surface area contributed by atoms with Gasteiger partial charge in [-0.25, -0.2) is 0 Å². The highest BCUT2D eigenvalue weighted by Crippen LogP contribution is 2.14. The summed E-state index contributed by atoms with van der Waals surface area (Å²) in [5.74, 6) is 1.68. The lowest BCUT2D eigenvalue weighted by atomic mass is 10.1. The van der Waals surface area contributed by atoms with E-state index in [0.717, 1.165) is 25.3 Å². The first-order valence-corrected chi connectivity index (χ1v) is 8.27.